The van der Waals surface area contributed by atoms with Crippen molar-refractivity contribution in [3.8, 4) is 0 Å². The van der Waals surface area contributed by atoms with E-state index in [1.807, 2.05) is 91.0 Å². The molecule has 0 aliphatic carbocycles. The number of hydrogen-bond donors (Lipinski definition) is 0. The van der Waals surface area contributed by atoms with E-state index in [9.17, 15) is 4.79 Å². The van der Waals surface area contributed by atoms with E-state index in [1.165, 1.54) is 0 Å². The van der Waals surface area contributed by atoms with E-state index in [1.54, 1.807) is 0 Å². The Morgan fingerprint density at radius 1 is 0.708 bits per heavy atom. The molecule has 0 saturated heterocycles. The standard InChI is InChI=1S/C20H17ClO2S/c21-16-20(22)23-24(17-10-4-1-5-11-17,18-12-6-2-7-13-18)19-14-8-3-9-15-19/h1-15H,16H2. The van der Waals surface area contributed by atoms with Gasteiger partial charge in [-0.1, -0.05) is 54.6 Å². The summed E-state index contributed by atoms with van der Waals surface area (Å²) in [5, 5.41) is 0. The Hall–Kier alpha value is -2.23. The number of carbonyl (C=O) groups is 1. The Bertz CT molecular complexity index is 695. The molecule has 3 aromatic carbocycles. The summed E-state index contributed by atoms with van der Waals surface area (Å²) in [6.07, 6.45) is 0. The van der Waals surface area contributed by atoms with Crippen molar-refractivity contribution < 1.29 is 8.98 Å². The maximum absolute atomic E-state index is 12.2. The second-order valence-electron chi connectivity index (χ2n) is 5.08. The minimum absolute atomic E-state index is 0.179. The minimum atomic E-state index is -2.18. The number of alkyl halides is 1. The first-order valence-electron chi connectivity index (χ1n) is 7.54. The van der Waals surface area contributed by atoms with Crippen molar-refractivity contribution in [2.24, 2.45) is 0 Å². The maximum atomic E-state index is 12.2. The van der Waals surface area contributed by atoms with Crippen molar-refractivity contribution in [2.75, 3.05) is 5.88 Å². The van der Waals surface area contributed by atoms with Crippen molar-refractivity contribution in [3.05, 3.63) is 91.0 Å². The molecule has 4 heteroatoms. The van der Waals surface area contributed by atoms with Crippen LogP contribution in [-0.4, -0.2) is 11.8 Å². The minimum Gasteiger partial charge on any atom is -0.401 e. The molecule has 0 amide bonds. The third-order valence-corrected chi connectivity index (χ3v) is 7.01. The predicted molar refractivity (Wildman–Crippen MR) is 98.5 cm³/mol. The van der Waals surface area contributed by atoms with E-state index in [4.69, 9.17) is 15.8 Å². The number of halogens is 1. The molecule has 24 heavy (non-hydrogen) atoms. The van der Waals surface area contributed by atoms with Crippen LogP contribution in [0, 0.1) is 0 Å². The summed E-state index contributed by atoms with van der Waals surface area (Å²) in [5.41, 5.74) is 0. The third kappa shape index (κ3) is 3.18. The highest BCUT2D eigenvalue weighted by atomic mass is 35.5. The van der Waals surface area contributed by atoms with Crippen LogP contribution in [-0.2, 0) is 8.98 Å². The van der Waals surface area contributed by atoms with Gasteiger partial charge in [0.05, 0.1) is 0 Å². The van der Waals surface area contributed by atoms with Crippen molar-refractivity contribution in [2.45, 2.75) is 14.7 Å². The van der Waals surface area contributed by atoms with Gasteiger partial charge in [0.1, 0.15) is 5.88 Å². The monoisotopic (exact) mass is 356 g/mol. The Kier molecular flexibility index (Phi) is 5.24. The highest BCUT2D eigenvalue weighted by molar-refractivity contribution is 8.30. The predicted octanol–water partition coefficient (Wildman–Crippen LogP) is 5.67. The molecule has 0 unspecified atom stereocenters. The van der Waals surface area contributed by atoms with Crippen LogP contribution in [0.15, 0.2) is 106 Å². The highest BCUT2D eigenvalue weighted by Gasteiger charge is 2.35. The van der Waals surface area contributed by atoms with Gasteiger partial charge in [-0.05, 0) is 46.7 Å². The van der Waals surface area contributed by atoms with E-state index in [0.29, 0.717) is 0 Å². The van der Waals surface area contributed by atoms with Crippen LogP contribution in [0.3, 0.4) is 0 Å². The molecule has 0 saturated carbocycles. The fraction of sp³-hybridized carbons (Fsp3) is 0.0500. The van der Waals surface area contributed by atoms with Gasteiger partial charge >= 0.3 is 5.97 Å². The van der Waals surface area contributed by atoms with Gasteiger partial charge in [0.25, 0.3) is 0 Å². The summed E-state index contributed by atoms with van der Waals surface area (Å²) in [6, 6.07) is 29.6. The smallest absolute Gasteiger partial charge is 0.332 e. The molecule has 0 N–H and O–H groups in total. The zero-order chi connectivity index (χ0) is 16.8. The van der Waals surface area contributed by atoms with E-state index in [-0.39, 0.29) is 5.88 Å². The first-order chi connectivity index (χ1) is 11.8. The average molecular weight is 357 g/mol. The molecule has 0 heterocycles. The van der Waals surface area contributed by atoms with Crippen LogP contribution < -0.4 is 0 Å². The lowest BCUT2D eigenvalue weighted by atomic mass is 10.4. The largest absolute Gasteiger partial charge is 0.401 e. The van der Waals surface area contributed by atoms with Crippen molar-refractivity contribution >= 4 is 27.9 Å². The Morgan fingerprint density at radius 2 is 1.04 bits per heavy atom. The van der Waals surface area contributed by atoms with E-state index >= 15 is 0 Å². The molecule has 0 aliphatic rings. The van der Waals surface area contributed by atoms with Gasteiger partial charge in [-0.15, -0.1) is 11.6 Å². The lowest BCUT2D eigenvalue weighted by Crippen LogP contribution is -2.14. The molecule has 122 valence electrons. The number of hydrogen-bond acceptors (Lipinski definition) is 2. The van der Waals surface area contributed by atoms with Crippen molar-refractivity contribution in [1.82, 2.24) is 0 Å². The summed E-state index contributed by atoms with van der Waals surface area (Å²) in [4.78, 5) is 15.1. The highest BCUT2D eigenvalue weighted by Crippen LogP contribution is 2.69. The molecule has 0 spiro atoms. The van der Waals surface area contributed by atoms with Crippen LogP contribution >= 0.6 is 21.9 Å². The molecular weight excluding hydrogens is 340 g/mol. The molecule has 0 aliphatic heterocycles. The molecular formula is C20H17ClO2S. The lowest BCUT2D eigenvalue weighted by Gasteiger charge is -2.39. The maximum Gasteiger partial charge on any atom is 0.332 e. The topological polar surface area (TPSA) is 26.3 Å². The molecule has 0 radical (unpaired) electrons. The molecule has 0 aromatic heterocycles. The van der Waals surface area contributed by atoms with Gasteiger partial charge in [-0.3, -0.25) is 0 Å². The van der Waals surface area contributed by atoms with Gasteiger partial charge < -0.3 is 4.18 Å². The van der Waals surface area contributed by atoms with Crippen LogP contribution in [0.2, 0.25) is 0 Å². The second kappa shape index (κ2) is 7.56. The van der Waals surface area contributed by atoms with Gasteiger partial charge in [0.2, 0.25) is 0 Å². The van der Waals surface area contributed by atoms with Gasteiger partial charge in [0.15, 0.2) is 0 Å². The average Bonchev–Trinajstić information content (AvgIpc) is 2.68. The molecule has 0 fully saturated rings. The first kappa shape index (κ1) is 16.6. The van der Waals surface area contributed by atoms with E-state index in [2.05, 4.69) is 0 Å². The Balaban J connectivity index is 2.30. The second-order valence-corrected chi connectivity index (χ2v) is 8.04. The Labute approximate surface area is 148 Å². The molecule has 2 nitrogen and oxygen atoms in total. The lowest BCUT2D eigenvalue weighted by molar-refractivity contribution is -0.130. The van der Waals surface area contributed by atoms with E-state index in [0.717, 1.165) is 14.7 Å². The summed E-state index contributed by atoms with van der Waals surface area (Å²) in [6.45, 7) is 0. The quantitative estimate of drug-likeness (QED) is 0.551. The SMILES string of the molecule is O=C(CCl)OS(c1ccccc1)(c1ccccc1)c1ccccc1. The summed E-state index contributed by atoms with van der Waals surface area (Å²) < 4.78 is 6.06. The van der Waals surface area contributed by atoms with Gasteiger partial charge in [-0.25, -0.2) is 4.79 Å². The molecule has 0 bridgehead atoms. The zero-order valence-electron chi connectivity index (χ0n) is 13.0. The first-order valence-corrected chi connectivity index (χ1v) is 9.63. The van der Waals surface area contributed by atoms with Gasteiger partial charge in [-0.2, -0.15) is 0 Å². The number of rotatable bonds is 5. The third-order valence-electron chi connectivity index (χ3n) is 3.55. The summed E-state index contributed by atoms with van der Waals surface area (Å²) in [7, 11) is -2.18. The fourth-order valence-corrected chi connectivity index (χ4v) is 5.73. The van der Waals surface area contributed by atoms with Crippen molar-refractivity contribution in [1.29, 1.82) is 0 Å². The van der Waals surface area contributed by atoms with Gasteiger partial charge in [0, 0.05) is 14.7 Å². The zero-order valence-corrected chi connectivity index (χ0v) is 14.5. The molecule has 3 aromatic rings. The fourth-order valence-electron chi connectivity index (χ4n) is 2.55. The normalized spacial score (nSPS) is 11.7. The van der Waals surface area contributed by atoms with Crippen LogP contribution in [0.25, 0.3) is 0 Å². The number of benzene rings is 3. The number of carbonyl (C=O) groups excluding carboxylic acids is 1. The van der Waals surface area contributed by atoms with Crippen molar-refractivity contribution in [3.63, 3.8) is 0 Å². The molecule has 0 atom stereocenters. The molecule has 3 rings (SSSR count). The summed E-state index contributed by atoms with van der Waals surface area (Å²) >= 11 is 5.76. The van der Waals surface area contributed by atoms with Crippen LogP contribution in [0.4, 0.5) is 0 Å². The summed E-state index contributed by atoms with van der Waals surface area (Å²) in [5.74, 6) is -0.607. The van der Waals surface area contributed by atoms with Crippen LogP contribution in [0.5, 0.6) is 0 Å². The van der Waals surface area contributed by atoms with E-state index < -0.39 is 16.3 Å². The van der Waals surface area contributed by atoms with Crippen LogP contribution in [0.1, 0.15) is 0 Å². The Morgan fingerprint density at radius 3 is 1.33 bits per heavy atom.